The predicted molar refractivity (Wildman–Crippen MR) is 38.3 cm³/mol. The van der Waals surface area contributed by atoms with Crippen molar-refractivity contribution in [1.82, 2.24) is 9.78 Å². The molecule has 4 heteroatoms. The molecule has 1 aromatic heterocycles. The molecule has 0 amide bonds. The minimum Gasteiger partial charge on any atom is -0.296 e. The third-order valence-corrected chi connectivity index (χ3v) is 1.35. The third kappa shape index (κ3) is 1.63. The Morgan fingerprint density at radius 3 is 3.09 bits per heavy atom. The second-order valence-electron chi connectivity index (χ2n) is 2.24. The fraction of sp³-hybridized carbons (Fsp3) is 0.429. The SMILES string of the molecule is Cc1cc(C=O)n(CCF)n1. The molecule has 0 atom stereocenters. The molecular formula is C7H9FN2O. The van der Waals surface area contributed by atoms with Gasteiger partial charge in [0.05, 0.1) is 12.2 Å². The molecule has 0 N–H and O–H groups in total. The van der Waals surface area contributed by atoms with E-state index in [2.05, 4.69) is 5.10 Å². The summed E-state index contributed by atoms with van der Waals surface area (Å²) >= 11 is 0. The first-order valence-electron chi connectivity index (χ1n) is 3.33. The highest BCUT2D eigenvalue weighted by atomic mass is 19.1. The van der Waals surface area contributed by atoms with Gasteiger partial charge in [0, 0.05) is 0 Å². The van der Waals surface area contributed by atoms with Crippen LogP contribution in [0.5, 0.6) is 0 Å². The Kier molecular flexibility index (Phi) is 2.36. The van der Waals surface area contributed by atoms with Crippen LogP contribution in [0.15, 0.2) is 6.07 Å². The monoisotopic (exact) mass is 156 g/mol. The van der Waals surface area contributed by atoms with Gasteiger partial charge in [-0.1, -0.05) is 0 Å². The summed E-state index contributed by atoms with van der Waals surface area (Å²) in [7, 11) is 0. The Bertz CT molecular complexity index is 257. The normalized spacial score (nSPS) is 10.0. The molecule has 0 spiro atoms. The van der Waals surface area contributed by atoms with E-state index in [1.807, 2.05) is 0 Å². The molecule has 0 aliphatic carbocycles. The van der Waals surface area contributed by atoms with Crippen LogP contribution in [0, 0.1) is 6.92 Å². The van der Waals surface area contributed by atoms with E-state index in [1.165, 1.54) is 4.68 Å². The number of aromatic nitrogens is 2. The van der Waals surface area contributed by atoms with Gasteiger partial charge in [-0.25, -0.2) is 4.39 Å². The van der Waals surface area contributed by atoms with Crippen LogP contribution in [0.25, 0.3) is 0 Å². The van der Waals surface area contributed by atoms with Gasteiger partial charge in [0.25, 0.3) is 0 Å². The summed E-state index contributed by atoms with van der Waals surface area (Å²) in [5, 5.41) is 3.92. The minimum atomic E-state index is -0.498. The van der Waals surface area contributed by atoms with E-state index in [-0.39, 0.29) is 6.54 Å². The van der Waals surface area contributed by atoms with Gasteiger partial charge < -0.3 is 0 Å². The highest BCUT2D eigenvalue weighted by Crippen LogP contribution is 2.00. The van der Waals surface area contributed by atoms with Crippen molar-refractivity contribution in [3.8, 4) is 0 Å². The number of alkyl halides is 1. The molecular weight excluding hydrogens is 147 g/mol. The van der Waals surface area contributed by atoms with Crippen LogP contribution in [0.2, 0.25) is 0 Å². The zero-order valence-electron chi connectivity index (χ0n) is 6.25. The zero-order valence-corrected chi connectivity index (χ0v) is 6.25. The van der Waals surface area contributed by atoms with Gasteiger partial charge >= 0.3 is 0 Å². The Morgan fingerprint density at radius 2 is 2.55 bits per heavy atom. The fourth-order valence-corrected chi connectivity index (χ4v) is 0.920. The number of aryl methyl sites for hydroxylation is 2. The van der Waals surface area contributed by atoms with Gasteiger partial charge in [0.1, 0.15) is 12.4 Å². The van der Waals surface area contributed by atoms with Crippen molar-refractivity contribution in [2.24, 2.45) is 0 Å². The van der Waals surface area contributed by atoms with Crippen molar-refractivity contribution in [3.63, 3.8) is 0 Å². The summed E-state index contributed by atoms with van der Waals surface area (Å²) in [6.07, 6.45) is 0.676. The van der Waals surface area contributed by atoms with Crippen LogP contribution in [0.4, 0.5) is 4.39 Å². The van der Waals surface area contributed by atoms with Crippen molar-refractivity contribution >= 4 is 6.29 Å². The second-order valence-corrected chi connectivity index (χ2v) is 2.24. The summed E-state index contributed by atoms with van der Waals surface area (Å²) in [4.78, 5) is 10.3. The maximum atomic E-state index is 11.8. The molecule has 0 aromatic carbocycles. The second kappa shape index (κ2) is 3.27. The topological polar surface area (TPSA) is 34.9 Å². The number of hydrogen-bond donors (Lipinski definition) is 0. The maximum absolute atomic E-state index is 11.8. The lowest BCUT2D eigenvalue weighted by Gasteiger charge is -1.96. The summed E-state index contributed by atoms with van der Waals surface area (Å²) in [5.74, 6) is 0. The molecule has 1 aromatic rings. The van der Waals surface area contributed by atoms with E-state index in [9.17, 15) is 9.18 Å². The number of carbonyl (C=O) groups excluding carboxylic acids is 1. The van der Waals surface area contributed by atoms with Crippen LogP contribution in [0.3, 0.4) is 0 Å². The average molecular weight is 156 g/mol. The number of rotatable bonds is 3. The molecule has 0 radical (unpaired) electrons. The molecule has 0 saturated carbocycles. The Balaban J connectivity index is 2.92. The van der Waals surface area contributed by atoms with E-state index in [0.717, 1.165) is 5.69 Å². The molecule has 0 unspecified atom stereocenters. The van der Waals surface area contributed by atoms with Crippen molar-refractivity contribution in [2.75, 3.05) is 6.67 Å². The number of carbonyl (C=O) groups is 1. The molecule has 0 bridgehead atoms. The molecule has 0 fully saturated rings. The lowest BCUT2D eigenvalue weighted by Crippen LogP contribution is -2.05. The lowest BCUT2D eigenvalue weighted by atomic mass is 10.4. The molecule has 0 aliphatic rings. The number of aldehydes is 1. The molecule has 0 saturated heterocycles. The van der Waals surface area contributed by atoms with Crippen molar-refractivity contribution in [3.05, 3.63) is 17.5 Å². The molecule has 1 rings (SSSR count). The predicted octanol–water partition coefficient (Wildman–Crippen LogP) is 0.974. The number of halogens is 1. The summed E-state index contributed by atoms with van der Waals surface area (Å²) in [6, 6.07) is 1.63. The van der Waals surface area contributed by atoms with Crippen molar-refractivity contribution < 1.29 is 9.18 Å². The van der Waals surface area contributed by atoms with E-state index in [1.54, 1.807) is 13.0 Å². The first-order valence-corrected chi connectivity index (χ1v) is 3.33. The third-order valence-electron chi connectivity index (χ3n) is 1.35. The van der Waals surface area contributed by atoms with Crippen LogP contribution in [-0.4, -0.2) is 22.7 Å². The number of hydrogen-bond acceptors (Lipinski definition) is 2. The Labute approximate surface area is 63.8 Å². The van der Waals surface area contributed by atoms with Gasteiger partial charge in [-0.05, 0) is 13.0 Å². The first-order chi connectivity index (χ1) is 5.27. The van der Waals surface area contributed by atoms with Gasteiger partial charge in [-0.15, -0.1) is 0 Å². The van der Waals surface area contributed by atoms with Gasteiger partial charge in [0.15, 0.2) is 6.29 Å². The number of nitrogens with zero attached hydrogens (tertiary/aromatic N) is 2. The average Bonchev–Trinajstić information content (AvgIpc) is 2.32. The maximum Gasteiger partial charge on any atom is 0.168 e. The summed E-state index contributed by atoms with van der Waals surface area (Å²) in [5.41, 5.74) is 1.17. The molecule has 0 aliphatic heterocycles. The molecule has 1 heterocycles. The highest BCUT2D eigenvalue weighted by Gasteiger charge is 2.02. The Morgan fingerprint density at radius 1 is 1.82 bits per heavy atom. The van der Waals surface area contributed by atoms with Gasteiger partial charge in [-0.2, -0.15) is 5.10 Å². The molecule has 60 valence electrons. The lowest BCUT2D eigenvalue weighted by molar-refractivity contribution is 0.111. The van der Waals surface area contributed by atoms with Crippen LogP contribution in [-0.2, 0) is 6.54 Å². The van der Waals surface area contributed by atoms with Crippen molar-refractivity contribution in [2.45, 2.75) is 13.5 Å². The quantitative estimate of drug-likeness (QED) is 0.611. The smallest absolute Gasteiger partial charge is 0.168 e. The first kappa shape index (κ1) is 7.91. The van der Waals surface area contributed by atoms with E-state index in [4.69, 9.17) is 0 Å². The minimum absolute atomic E-state index is 0.155. The van der Waals surface area contributed by atoms with E-state index < -0.39 is 6.67 Å². The van der Waals surface area contributed by atoms with Crippen molar-refractivity contribution in [1.29, 1.82) is 0 Å². The Hall–Kier alpha value is -1.19. The largest absolute Gasteiger partial charge is 0.296 e. The van der Waals surface area contributed by atoms with E-state index in [0.29, 0.717) is 12.0 Å². The zero-order chi connectivity index (χ0) is 8.27. The molecule has 3 nitrogen and oxygen atoms in total. The van der Waals surface area contributed by atoms with Crippen LogP contribution < -0.4 is 0 Å². The van der Waals surface area contributed by atoms with Crippen LogP contribution >= 0.6 is 0 Å². The summed E-state index contributed by atoms with van der Waals surface area (Å²) in [6.45, 7) is 1.42. The molecule has 11 heavy (non-hydrogen) atoms. The van der Waals surface area contributed by atoms with Gasteiger partial charge in [0.2, 0.25) is 0 Å². The standard InChI is InChI=1S/C7H9FN2O/c1-6-4-7(5-11)10(9-6)3-2-8/h4-5H,2-3H2,1H3. The highest BCUT2D eigenvalue weighted by molar-refractivity contribution is 5.72. The van der Waals surface area contributed by atoms with E-state index >= 15 is 0 Å². The summed E-state index contributed by atoms with van der Waals surface area (Å²) < 4.78 is 13.2. The van der Waals surface area contributed by atoms with Crippen LogP contribution in [0.1, 0.15) is 16.2 Å². The van der Waals surface area contributed by atoms with Gasteiger partial charge in [-0.3, -0.25) is 9.48 Å². The fourth-order valence-electron chi connectivity index (χ4n) is 0.920.